The predicted octanol–water partition coefficient (Wildman–Crippen LogP) is 3.70. The van der Waals surface area contributed by atoms with Crippen LogP contribution in [0.4, 0.5) is 16.2 Å². The van der Waals surface area contributed by atoms with E-state index < -0.39 is 6.67 Å². The highest BCUT2D eigenvalue weighted by Crippen LogP contribution is 2.36. The summed E-state index contributed by atoms with van der Waals surface area (Å²) in [6, 6.07) is 9.83. The highest BCUT2D eigenvalue weighted by atomic mass is 19.1. The van der Waals surface area contributed by atoms with Gasteiger partial charge in [0.15, 0.2) is 0 Å². The molecular formula is C23H30FN5O2. The second kappa shape index (κ2) is 10.4. The van der Waals surface area contributed by atoms with Crippen molar-refractivity contribution in [1.82, 2.24) is 9.97 Å². The van der Waals surface area contributed by atoms with Gasteiger partial charge < -0.3 is 20.5 Å². The van der Waals surface area contributed by atoms with Gasteiger partial charge in [-0.05, 0) is 48.8 Å². The molecule has 0 aliphatic heterocycles. The van der Waals surface area contributed by atoms with Gasteiger partial charge in [0.25, 0.3) is 0 Å². The number of ether oxygens (including phenoxy) is 1. The first-order valence-electron chi connectivity index (χ1n) is 10.6. The van der Waals surface area contributed by atoms with Crippen molar-refractivity contribution in [1.29, 1.82) is 5.26 Å². The molecule has 166 valence electrons. The Morgan fingerprint density at radius 3 is 2.74 bits per heavy atom. The van der Waals surface area contributed by atoms with Crippen molar-refractivity contribution in [2.45, 2.75) is 51.7 Å². The molecule has 1 aromatic heterocycles. The van der Waals surface area contributed by atoms with Gasteiger partial charge in [-0.2, -0.15) is 10.2 Å². The van der Waals surface area contributed by atoms with Crippen LogP contribution >= 0.6 is 0 Å². The SMILES string of the molecule is CC1(C)C[C@H](Nc2nc(NCCc3ccc(OCCF)cc3)ncc2C#N)CC[C@@H]1O. The fourth-order valence-corrected chi connectivity index (χ4v) is 3.83. The number of benzene rings is 1. The van der Waals surface area contributed by atoms with Gasteiger partial charge in [-0.1, -0.05) is 26.0 Å². The Labute approximate surface area is 182 Å². The van der Waals surface area contributed by atoms with E-state index in [1.807, 2.05) is 24.3 Å². The molecule has 7 nitrogen and oxygen atoms in total. The first-order valence-corrected chi connectivity index (χ1v) is 10.6. The van der Waals surface area contributed by atoms with E-state index in [-0.39, 0.29) is 24.2 Å². The lowest BCUT2D eigenvalue weighted by atomic mass is 9.73. The predicted molar refractivity (Wildman–Crippen MR) is 118 cm³/mol. The van der Waals surface area contributed by atoms with Crippen LogP contribution in [-0.2, 0) is 6.42 Å². The van der Waals surface area contributed by atoms with Crippen LogP contribution in [0.3, 0.4) is 0 Å². The van der Waals surface area contributed by atoms with E-state index in [0.717, 1.165) is 31.2 Å². The van der Waals surface area contributed by atoms with Crippen LogP contribution < -0.4 is 15.4 Å². The van der Waals surface area contributed by atoms with E-state index in [2.05, 4.69) is 40.5 Å². The standard InChI is InChI=1S/C23H30FN5O2/c1-23(2)13-18(5-8-20(23)30)28-21-17(14-25)15-27-22(29-21)26-11-9-16-3-6-19(7-4-16)31-12-10-24/h3-4,6-7,15,18,20,30H,5,8-13H2,1-2H3,(H2,26,27,28,29)/t18-,20+/m1/s1. The maximum Gasteiger partial charge on any atom is 0.224 e. The second-order valence-corrected chi connectivity index (χ2v) is 8.55. The van der Waals surface area contributed by atoms with Crippen LogP contribution in [0.2, 0.25) is 0 Å². The Hall–Kier alpha value is -2.92. The van der Waals surface area contributed by atoms with E-state index in [9.17, 15) is 14.8 Å². The Morgan fingerprint density at radius 1 is 1.29 bits per heavy atom. The highest BCUT2D eigenvalue weighted by molar-refractivity contribution is 5.54. The highest BCUT2D eigenvalue weighted by Gasteiger charge is 2.35. The van der Waals surface area contributed by atoms with Crippen molar-refractivity contribution in [3.8, 4) is 11.8 Å². The molecule has 0 amide bonds. The summed E-state index contributed by atoms with van der Waals surface area (Å²) in [7, 11) is 0. The summed E-state index contributed by atoms with van der Waals surface area (Å²) in [6.45, 7) is 4.30. The zero-order chi connectivity index (χ0) is 22.3. The lowest BCUT2D eigenvalue weighted by Gasteiger charge is -2.40. The van der Waals surface area contributed by atoms with Gasteiger partial charge in [-0.25, -0.2) is 9.37 Å². The molecule has 2 aromatic rings. The zero-order valence-electron chi connectivity index (χ0n) is 18.1. The maximum atomic E-state index is 12.2. The number of aromatic nitrogens is 2. The minimum absolute atomic E-state index is 0.0617. The number of nitrogens with one attached hydrogen (secondary N) is 2. The normalized spacial score (nSPS) is 20.0. The third-order valence-electron chi connectivity index (χ3n) is 5.68. The Bertz CT molecular complexity index is 898. The van der Waals surface area contributed by atoms with E-state index >= 15 is 0 Å². The van der Waals surface area contributed by atoms with Crippen molar-refractivity contribution in [3.63, 3.8) is 0 Å². The molecular weight excluding hydrogens is 397 g/mol. The summed E-state index contributed by atoms with van der Waals surface area (Å²) in [5.74, 6) is 1.63. The van der Waals surface area contributed by atoms with Crippen molar-refractivity contribution in [2.24, 2.45) is 5.41 Å². The average Bonchev–Trinajstić information content (AvgIpc) is 2.76. The molecule has 1 saturated carbocycles. The van der Waals surface area contributed by atoms with Gasteiger partial charge in [-0.15, -0.1) is 0 Å². The monoisotopic (exact) mass is 427 g/mol. The molecule has 8 heteroatoms. The van der Waals surface area contributed by atoms with Crippen molar-refractivity contribution < 1.29 is 14.2 Å². The van der Waals surface area contributed by atoms with Crippen LogP contribution in [0, 0.1) is 16.7 Å². The molecule has 0 unspecified atom stereocenters. The minimum atomic E-state index is -0.506. The van der Waals surface area contributed by atoms with E-state index in [0.29, 0.717) is 29.6 Å². The van der Waals surface area contributed by atoms with Crippen LogP contribution in [0.1, 0.15) is 44.2 Å². The van der Waals surface area contributed by atoms with Crippen molar-refractivity contribution in [2.75, 3.05) is 30.5 Å². The summed E-state index contributed by atoms with van der Waals surface area (Å²) in [5, 5.41) is 26.2. The Balaban J connectivity index is 1.57. The first kappa shape index (κ1) is 22.8. The molecule has 3 rings (SSSR count). The first-order chi connectivity index (χ1) is 14.9. The molecule has 0 saturated heterocycles. The van der Waals surface area contributed by atoms with Crippen LogP contribution in [0.5, 0.6) is 5.75 Å². The third kappa shape index (κ3) is 6.28. The quantitative estimate of drug-likeness (QED) is 0.561. The summed E-state index contributed by atoms with van der Waals surface area (Å²) < 4.78 is 17.4. The summed E-state index contributed by atoms with van der Waals surface area (Å²) >= 11 is 0. The largest absolute Gasteiger partial charge is 0.491 e. The third-order valence-corrected chi connectivity index (χ3v) is 5.68. The lowest BCUT2D eigenvalue weighted by Crippen LogP contribution is -2.41. The smallest absolute Gasteiger partial charge is 0.224 e. The van der Waals surface area contributed by atoms with Gasteiger partial charge >= 0.3 is 0 Å². The van der Waals surface area contributed by atoms with Crippen molar-refractivity contribution in [3.05, 3.63) is 41.6 Å². The summed E-state index contributed by atoms with van der Waals surface area (Å²) in [4.78, 5) is 8.75. The second-order valence-electron chi connectivity index (χ2n) is 8.55. The Morgan fingerprint density at radius 2 is 2.06 bits per heavy atom. The van der Waals surface area contributed by atoms with Gasteiger partial charge in [0.05, 0.1) is 12.3 Å². The topological polar surface area (TPSA) is 103 Å². The van der Waals surface area contributed by atoms with Gasteiger partial charge in [-0.3, -0.25) is 0 Å². The minimum Gasteiger partial charge on any atom is -0.491 e. The number of hydrogen-bond acceptors (Lipinski definition) is 7. The molecule has 1 aromatic carbocycles. The van der Waals surface area contributed by atoms with Gasteiger partial charge in [0.1, 0.15) is 36.5 Å². The molecule has 1 aliphatic carbocycles. The molecule has 3 N–H and O–H groups in total. The number of nitriles is 1. The molecule has 1 aliphatic rings. The number of anilines is 2. The number of halogens is 1. The molecule has 1 heterocycles. The van der Waals surface area contributed by atoms with Gasteiger partial charge in [0, 0.05) is 12.6 Å². The molecule has 2 atom stereocenters. The molecule has 0 spiro atoms. The lowest BCUT2D eigenvalue weighted by molar-refractivity contribution is 0.00926. The number of aliphatic hydroxyl groups excluding tert-OH is 1. The molecule has 31 heavy (non-hydrogen) atoms. The average molecular weight is 428 g/mol. The van der Waals surface area contributed by atoms with E-state index in [1.165, 1.54) is 6.20 Å². The Kier molecular flexibility index (Phi) is 7.64. The number of rotatable bonds is 9. The van der Waals surface area contributed by atoms with Gasteiger partial charge in [0.2, 0.25) is 5.95 Å². The molecule has 0 radical (unpaired) electrons. The van der Waals surface area contributed by atoms with Crippen molar-refractivity contribution >= 4 is 11.8 Å². The fourth-order valence-electron chi connectivity index (χ4n) is 3.83. The van der Waals surface area contributed by atoms with Crippen LogP contribution in [0.15, 0.2) is 30.5 Å². The van der Waals surface area contributed by atoms with Crippen LogP contribution in [0.25, 0.3) is 0 Å². The molecule has 1 fully saturated rings. The number of alkyl halides is 1. The maximum absolute atomic E-state index is 12.2. The zero-order valence-corrected chi connectivity index (χ0v) is 18.1. The number of aliphatic hydroxyl groups is 1. The van der Waals surface area contributed by atoms with Crippen LogP contribution in [-0.4, -0.2) is 47.0 Å². The fraction of sp³-hybridized carbons (Fsp3) is 0.522. The summed E-state index contributed by atoms with van der Waals surface area (Å²) in [6.07, 6.45) is 4.32. The summed E-state index contributed by atoms with van der Waals surface area (Å²) in [5.41, 5.74) is 1.33. The van der Waals surface area contributed by atoms with E-state index in [4.69, 9.17) is 4.74 Å². The van der Waals surface area contributed by atoms with E-state index in [1.54, 1.807) is 0 Å². The number of hydrogen-bond donors (Lipinski definition) is 3. The molecule has 0 bridgehead atoms. The number of nitrogens with zero attached hydrogens (tertiary/aromatic N) is 3.